The van der Waals surface area contributed by atoms with Crippen LogP contribution < -0.4 is 5.32 Å². The van der Waals surface area contributed by atoms with E-state index in [9.17, 15) is 9.59 Å². The topological polar surface area (TPSA) is 73.7 Å². The Morgan fingerprint density at radius 3 is 2.35 bits per heavy atom. The maximum absolute atomic E-state index is 12.8. The van der Waals surface area contributed by atoms with Crippen LogP contribution in [0.15, 0.2) is 42.5 Å². The van der Waals surface area contributed by atoms with Crippen molar-refractivity contribution < 1.29 is 9.59 Å². The molecule has 0 bridgehead atoms. The zero-order valence-electron chi connectivity index (χ0n) is 19.3. The number of imidazole rings is 1. The van der Waals surface area contributed by atoms with E-state index in [1.54, 1.807) is 24.3 Å². The van der Waals surface area contributed by atoms with E-state index in [0.29, 0.717) is 30.2 Å². The molecular formula is C25H29ClN6O2. The molecule has 34 heavy (non-hydrogen) atoms. The molecule has 3 heterocycles. The van der Waals surface area contributed by atoms with Crippen LogP contribution in [0, 0.1) is 0 Å². The van der Waals surface area contributed by atoms with Crippen LogP contribution in [0.4, 0.5) is 10.5 Å². The molecule has 2 saturated heterocycles. The Morgan fingerprint density at radius 2 is 1.65 bits per heavy atom. The second kappa shape index (κ2) is 9.64. The lowest BCUT2D eigenvalue weighted by Crippen LogP contribution is -2.49. The number of urea groups is 1. The number of carbonyl (C=O) groups is 2. The first-order valence-corrected chi connectivity index (χ1v) is 12.1. The van der Waals surface area contributed by atoms with E-state index in [1.807, 2.05) is 35.0 Å². The molecule has 1 N–H and O–H groups in total. The van der Waals surface area contributed by atoms with Crippen molar-refractivity contribution in [2.24, 2.45) is 7.05 Å². The summed E-state index contributed by atoms with van der Waals surface area (Å²) in [6.45, 7) is 5.23. The fraction of sp³-hybridized carbons (Fsp3) is 0.400. The number of fused-ring (bicyclic) bond motifs is 1. The number of rotatable bonds is 4. The third-order valence-electron chi connectivity index (χ3n) is 6.73. The summed E-state index contributed by atoms with van der Waals surface area (Å²) in [5.74, 6) is 1.06. The summed E-state index contributed by atoms with van der Waals surface area (Å²) < 4.78 is 2.10. The van der Waals surface area contributed by atoms with Crippen molar-refractivity contribution in [3.63, 3.8) is 0 Å². The monoisotopic (exact) mass is 480 g/mol. The molecule has 8 nitrogen and oxygen atoms in total. The molecule has 0 radical (unpaired) electrons. The van der Waals surface area contributed by atoms with Gasteiger partial charge in [-0.2, -0.15) is 0 Å². The summed E-state index contributed by atoms with van der Waals surface area (Å²) in [6.07, 6.45) is 2.16. The number of nitrogens with zero attached hydrogens (tertiary/aromatic N) is 5. The van der Waals surface area contributed by atoms with Crippen molar-refractivity contribution in [3.8, 4) is 0 Å². The minimum absolute atomic E-state index is 0.0969. The van der Waals surface area contributed by atoms with E-state index >= 15 is 0 Å². The highest BCUT2D eigenvalue weighted by Crippen LogP contribution is 2.21. The van der Waals surface area contributed by atoms with Gasteiger partial charge in [-0.05, 0) is 55.3 Å². The Hall–Kier alpha value is -3.10. The van der Waals surface area contributed by atoms with E-state index in [-0.39, 0.29) is 11.9 Å². The smallest absolute Gasteiger partial charge is 0.321 e. The molecule has 2 aliphatic heterocycles. The number of carbonyl (C=O) groups excluding carboxylic acids is 2. The molecule has 2 aliphatic rings. The molecule has 2 aromatic carbocycles. The second-order valence-corrected chi connectivity index (χ2v) is 9.43. The lowest BCUT2D eigenvalue weighted by molar-refractivity contribution is 0.0793. The maximum atomic E-state index is 12.8. The Morgan fingerprint density at radius 1 is 0.941 bits per heavy atom. The molecular weight excluding hydrogens is 452 g/mol. The van der Waals surface area contributed by atoms with Crippen molar-refractivity contribution in [2.75, 3.05) is 44.6 Å². The van der Waals surface area contributed by atoms with Crippen LogP contribution in [0.5, 0.6) is 0 Å². The largest absolute Gasteiger partial charge is 0.339 e. The predicted octanol–water partition coefficient (Wildman–Crippen LogP) is 3.81. The van der Waals surface area contributed by atoms with E-state index in [2.05, 4.69) is 14.8 Å². The van der Waals surface area contributed by atoms with Crippen LogP contribution in [0.2, 0.25) is 5.02 Å². The summed E-state index contributed by atoms with van der Waals surface area (Å²) in [4.78, 5) is 36.2. The summed E-state index contributed by atoms with van der Waals surface area (Å²) in [5.41, 5.74) is 3.32. The molecule has 178 valence electrons. The van der Waals surface area contributed by atoms with Gasteiger partial charge >= 0.3 is 6.03 Å². The van der Waals surface area contributed by atoms with Crippen LogP contribution in [0.3, 0.4) is 0 Å². The Labute approximate surface area is 204 Å². The summed E-state index contributed by atoms with van der Waals surface area (Å²) in [5, 5.41) is 3.57. The molecule has 1 aromatic heterocycles. The Balaban J connectivity index is 1.20. The van der Waals surface area contributed by atoms with Crippen LogP contribution in [0.25, 0.3) is 11.0 Å². The van der Waals surface area contributed by atoms with Crippen molar-refractivity contribution in [2.45, 2.75) is 19.4 Å². The fourth-order valence-electron chi connectivity index (χ4n) is 4.67. The number of hydrogen-bond donors (Lipinski definition) is 1. The first-order chi connectivity index (χ1) is 16.5. The highest BCUT2D eigenvalue weighted by Gasteiger charge is 2.24. The van der Waals surface area contributed by atoms with Gasteiger partial charge in [-0.15, -0.1) is 0 Å². The van der Waals surface area contributed by atoms with Gasteiger partial charge in [0.25, 0.3) is 5.91 Å². The molecule has 3 amide bonds. The molecule has 5 rings (SSSR count). The van der Waals surface area contributed by atoms with Crippen molar-refractivity contribution in [3.05, 3.63) is 58.9 Å². The molecule has 0 atom stereocenters. The summed E-state index contributed by atoms with van der Waals surface area (Å²) in [6, 6.07) is 12.8. The highest BCUT2D eigenvalue weighted by atomic mass is 35.5. The van der Waals surface area contributed by atoms with E-state index in [4.69, 9.17) is 16.6 Å². The van der Waals surface area contributed by atoms with E-state index in [1.165, 1.54) is 0 Å². The zero-order chi connectivity index (χ0) is 23.7. The third kappa shape index (κ3) is 4.74. The average molecular weight is 481 g/mol. The molecule has 9 heteroatoms. The lowest BCUT2D eigenvalue weighted by atomic mass is 10.2. The average Bonchev–Trinajstić information content (AvgIpc) is 3.49. The van der Waals surface area contributed by atoms with Crippen molar-refractivity contribution >= 4 is 40.3 Å². The predicted molar refractivity (Wildman–Crippen MR) is 133 cm³/mol. The number of amides is 3. The number of piperazine rings is 1. The van der Waals surface area contributed by atoms with Gasteiger partial charge in [0.05, 0.1) is 17.6 Å². The summed E-state index contributed by atoms with van der Waals surface area (Å²) in [7, 11) is 2.02. The van der Waals surface area contributed by atoms with E-state index < -0.39 is 0 Å². The quantitative estimate of drug-likeness (QED) is 0.616. The first-order valence-electron chi connectivity index (χ1n) is 11.8. The molecule has 0 aliphatic carbocycles. The minimum atomic E-state index is -0.0973. The van der Waals surface area contributed by atoms with Crippen LogP contribution in [-0.4, -0.2) is 75.5 Å². The highest BCUT2D eigenvalue weighted by molar-refractivity contribution is 6.30. The molecule has 0 unspecified atom stereocenters. The Kier molecular flexibility index (Phi) is 6.43. The van der Waals surface area contributed by atoms with Gasteiger partial charge in [0.2, 0.25) is 0 Å². The van der Waals surface area contributed by atoms with Crippen molar-refractivity contribution in [1.82, 2.24) is 24.3 Å². The number of halogens is 1. The second-order valence-electron chi connectivity index (χ2n) is 8.99. The van der Waals surface area contributed by atoms with Gasteiger partial charge in [0, 0.05) is 62.6 Å². The lowest BCUT2D eigenvalue weighted by Gasteiger charge is -2.34. The minimum Gasteiger partial charge on any atom is -0.339 e. The molecule has 0 spiro atoms. The van der Waals surface area contributed by atoms with Crippen LogP contribution in [0.1, 0.15) is 29.0 Å². The van der Waals surface area contributed by atoms with E-state index in [0.717, 1.165) is 61.6 Å². The number of aromatic nitrogens is 2. The van der Waals surface area contributed by atoms with Gasteiger partial charge in [-0.25, -0.2) is 9.78 Å². The van der Waals surface area contributed by atoms with Gasteiger partial charge in [-0.1, -0.05) is 11.6 Å². The van der Waals surface area contributed by atoms with Crippen LogP contribution >= 0.6 is 11.6 Å². The molecule has 3 aromatic rings. The first kappa shape index (κ1) is 22.7. The van der Waals surface area contributed by atoms with Gasteiger partial charge in [0.1, 0.15) is 5.82 Å². The number of nitrogens with one attached hydrogen (secondary N) is 1. The number of likely N-dealkylation sites (tertiary alicyclic amines) is 1. The SMILES string of the molecule is Cn1c(CN2CCN(C(=O)Nc3ccc(Cl)cc3)CC2)nc2cc(C(=O)N3CCCC3)ccc21. The van der Waals surface area contributed by atoms with Crippen LogP contribution in [-0.2, 0) is 13.6 Å². The normalized spacial score (nSPS) is 16.9. The van der Waals surface area contributed by atoms with Gasteiger partial charge in [0.15, 0.2) is 0 Å². The number of hydrogen-bond acceptors (Lipinski definition) is 4. The summed E-state index contributed by atoms with van der Waals surface area (Å²) >= 11 is 5.91. The zero-order valence-corrected chi connectivity index (χ0v) is 20.1. The van der Waals surface area contributed by atoms with Gasteiger partial charge < -0.3 is 19.7 Å². The van der Waals surface area contributed by atoms with Crippen molar-refractivity contribution in [1.29, 1.82) is 0 Å². The Bertz CT molecular complexity index is 1190. The standard InChI is InChI=1S/C25H29ClN6O2/c1-29-22-9-4-18(24(33)31-10-2-3-11-31)16-21(22)28-23(29)17-30-12-14-32(15-13-30)25(34)27-20-7-5-19(26)6-8-20/h4-9,16H,2-3,10-15,17H2,1H3,(H,27,34). The number of benzene rings is 2. The number of anilines is 1. The van der Waals surface area contributed by atoms with Gasteiger partial charge in [-0.3, -0.25) is 9.69 Å². The number of aryl methyl sites for hydroxylation is 1. The molecule has 0 saturated carbocycles. The maximum Gasteiger partial charge on any atom is 0.321 e. The fourth-order valence-corrected chi connectivity index (χ4v) is 4.80. The molecule has 2 fully saturated rings. The third-order valence-corrected chi connectivity index (χ3v) is 6.99.